The van der Waals surface area contributed by atoms with Gasteiger partial charge in [0.25, 0.3) is 0 Å². The average molecular weight is 376 g/mol. The largest absolute Gasteiger partial charge is 0.497 e. The number of hydrogen-bond donors (Lipinski definition) is 2. The van der Waals surface area contributed by atoms with Gasteiger partial charge in [0, 0.05) is 18.3 Å². The number of rotatable bonds is 9. The summed E-state index contributed by atoms with van der Waals surface area (Å²) in [7, 11) is 1.64. The summed E-state index contributed by atoms with van der Waals surface area (Å²) < 4.78 is 10.9. The summed E-state index contributed by atoms with van der Waals surface area (Å²) >= 11 is 0. The van der Waals surface area contributed by atoms with Crippen molar-refractivity contribution in [2.45, 2.75) is 13.2 Å². The monoisotopic (exact) mass is 376 g/mol. The second kappa shape index (κ2) is 10.1. The molecular weight excluding hydrogens is 352 g/mol. The van der Waals surface area contributed by atoms with Gasteiger partial charge in [-0.25, -0.2) is 0 Å². The molecule has 0 unspecified atom stereocenters. The van der Waals surface area contributed by atoms with Crippen molar-refractivity contribution in [3.63, 3.8) is 0 Å². The summed E-state index contributed by atoms with van der Waals surface area (Å²) in [6, 6.07) is 25.1. The van der Waals surface area contributed by atoms with E-state index >= 15 is 0 Å². The maximum Gasteiger partial charge on any atom is 0.238 e. The molecule has 0 saturated carbocycles. The van der Waals surface area contributed by atoms with Crippen LogP contribution >= 0.6 is 0 Å². The molecule has 0 aliphatic heterocycles. The van der Waals surface area contributed by atoms with Crippen LogP contribution in [0.15, 0.2) is 78.9 Å². The SMILES string of the molecule is COc1ccc(CNCC(=O)Nc2cccc(OCc3ccccc3)c2)cc1. The highest BCUT2D eigenvalue weighted by Gasteiger charge is 2.04. The van der Waals surface area contributed by atoms with Gasteiger partial charge in [0.15, 0.2) is 0 Å². The number of ether oxygens (including phenoxy) is 2. The summed E-state index contributed by atoms with van der Waals surface area (Å²) in [6.45, 7) is 1.32. The average Bonchev–Trinajstić information content (AvgIpc) is 2.74. The van der Waals surface area contributed by atoms with Gasteiger partial charge in [-0.15, -0.1) is 0 Å². The highest BCUT2D eigenvalue weighted by molar-refractivity contribution is 5.92. The van der Waals surface area contributed by atoms with Crippen LogP contribution in [-0.4, -0.2) is 19.6 Å². The van der Waals surface area contributed by atoms with Crippen LogP contribution in [0, 0.1) is 0 Å². The van der Waals surface area contributed by atoms with Gasteiger partial charge in [0.2, 0.25) is 5.91 Å². The van der Waals surface area contributed by atoms with Crippen molar-refractivity contribution in [1.82, 2.24) is 5.32 Å². The standard InChI is InChI=1S/C23H24N2O3/c1-27-21-12-10-18(11-13-21)15-24-16-23(26)25-20-8-5-9-22(14-20)28-17-19-6-3-2-4-7-19/h2-14,24H,15-17H2,1H3,(H,25,26). The summed E-state index contributed by atoms with van der Waals surface area (Å²) in [5.74, 6) is 1.43. The Hall–Kier alpha value is -3.31. The van der Waals surface area contributed by atoms with Gasteiger partial charge in [-0.2, -0.15) is 0 Å². The molecule has 0 atom stereocenters. The molecule has 144 valence electrons. The van der Waals surface area contributed by atoms with Crippen molar-refractivity contribution in [1.29, 1.82) is 0 Å². The first-order valence-electron chi connectivity index (χ1n) is 9.13. The summed E-state index contributed by atoms with van der Waals surface area (Å²) in [4.78, 5) is 12.2. The minimum atomic E-state index is -0.103. The molecule has 0 spiro atoms. The van der Waals surface area contributed by atoms with Gasteiger partial charge in [-0.05, 0) is 35.4 Å². The lowest BCUT2D eigenvalue weighted by Crippen LogP contribution is -2.27. The van der Waals surface area contributed by atoms with Crippen LogP contribution in [0.3, 0.4) is 0 Å². The molecule has 0 aromatic heterocycles. The lowest BCUT2D eigenvalue weighted by Gasteiger charge is -2.10. The van der Waals surface area contributed by atoms with Gasteiger partial charge >= 0.3 is 0 Å². The first kappa shape index (κ1) is 19.5. The van der Waals surface area contributed by atoms with Gasteiger partial charge < -0.3 is 20.1 Å². The first-order valence-corrected chi connectivity index (χ1v) is 9.13. The second-order valence-corrected chi connectivity index (χ2v) is 6.30. The van der Waals surface area contributed by atoms with Gasteiger partial charge in [-0.1, -0.05) is 48.5 Å². The molecule has 28 heavy (non-hydrogen) atoms. The van der Waals surface area contributed by atoms with Crippen molar-refractivity contribution in [2.24, 2.45) is 0 Å². The Kier molecular flexibility index (Phi) is 7.04. The van der Waals surface area contributed by atoms with E-state index in [0.29, 0.717) is 24.6 Å². The number of methoxy groups -OCH3 is 1. The topological polar surface area (TPSA) is 59.6 Å². The molecule has 0 heterocycles. The molecule has 0 radical (unpaired) electrons. The molecule has 0 fully saturated rings. The number of anilines is 1. The van der Waals surface area contributed by atoms with E-state index in [4.69, 9.17) is 9.47 Å². The Morgan fingerprint density at radius 1 is 0.857 bits per heavy atom. The third kappa shape index (κ3) is 6.14. The van der Waals surface area contributed by atoms with Crippen molar-refractivity contribution in [3.8, 4) is 11.5 Å². The zero-order valence-electron chi connectivity index (χ0n) is 15.9. The van der Waals surface area contributed by atoms with E-state index in [1.165, 1.54) is 0 Å². The number of benzene rings is 3. The zero-order chi connectivity index (χ0) is 19.6. The molecule has 5 heteroatoms. The maximum atomic E-state index is 12.2. The van der Waals surface area contributed by atoms with Gasteiger partial charge in [0.1, 0.15) is 18.1 Å². The number of carbonyl (C=O) groups excluding carboxylic acids is 1. The lowest BCUT2D eigenvalue weighted by atomic mass is 10.2. The minimum Gasteiger partial charge on any atom is -0.497 e. The first-order chi connectivity index (χ1) is 13.7. The molecule has 0 aliphatic carbocycles. The lowest BCUT2D eigenvalue weighted by molar-refractivity contribution is -0.115. The highest BCUT2D eigenvalue weighted by atomic mass is 16.5. The molecule has 0 bridgehead atoms. The third-order valence-corrected chi connectivity index (χ3v) is 4.14. The van der Waals surface area contributed by atoms with E-state index in [2.05, 4.69) is 10.6 Å². The van der Waals surface area contributed by atoms with Crippen LogP contribution < -0.4 is 20.1 Å². The Morgan fingerprint density at radius 3 is 2.39 bits per heavy atom. The summed E-state index contributed by atoms with van der Waals surface area (Å²) in [5, 5.41) is 6.02. The Morgan fingerprint density at radius 2 is 1.64 bits per heavy atom. The van der Waals surface area contributed by atoms with Crippen molar-refractivity contribution < 1.29 is 14.3 Å². The highest BCUT2D eigenvalue weighted by Crippen LogP contribution is 2.18. The Bertz CT molecular complexity index is 880. The van der Waals surface area contributed by atoms with Gasteiger partial charge in [-0.3, -0.25) is 4.79 Å². The summed E-state index contributed by atoms with van der Waals surface area (Å²) in [6.07, 6.45) is 0. The zero-order valence-corrected chi connectivity index (χ0v) is 15.9. The predicted octanol–water partition coefficient (Wildman–Crippen LogP) is 4.00. The van der Waals surface area contributed by atoms with Gasteiger partial charge in [0.05, 0.1) is 13.7 Å². The molecule has 3 rings (SSSR count). The van der Waals surface area contributed by atoms with Crippen molar-refractivity contribution in [2.75, 3.05) is 19.0 Å². The fourth-order valence-electron chi connectivity index (χ4n) is 2.67. The summed E-state index contributed by atoms with van der Waals surface area (Å²) in [5.41, 5.74) is 2.89. The molecule has 5 nitrogen and oxygen atoms in total. The van der Waals surface area contributed by atoms with E-state index in [0.717, 1.165) is 16.9 Å². The molecular formula is C23H24N2O3. The third-order valence-electron chi connectivity index (χ3n) is 4.14. The fourth-order valence-corrected chi connectivity index (χ4v) is 2.67. The van der Waals surface area contributed by atoms with Crippen LogP contribution in [0.25, 0.3) is 0 Å². The number of carbonyl (C=O) groups is 1. The van der Waals surface area contributed by atoms with E-state index in [-0.39, 0.29) is 12.5 Å². The van der Waals surface area contributed by atoms with Crippen LogP contribution in [-0.2, 0) is 17.9 Å². The van der Waals surface area contributed by atoms with E-state index in [9.17, 15) is 4.79 Å². The second-order valence-electron chi connectivity index (χ2n) is 6.30. The molecule has 0 aliphatic rings. The molecule has 2 N–H and O–H groups in total. The van der Waals surface area contributed by atoms with Crippen LogP contribution in [0.1, 0.15) is 11.1 Å². The van der Waals surface area contributed by atoms with Crippen molar-refractivity contribution >= 4 is 11.6 Å². The molecule has 1 amide bonds. The number of nitrogens with one attached hydrogen (secondary N) is 2. The smallest absolute Gasteiger partial charge is 0.238 e. The van der Waals surface area contributed by atoms with Crippen molar-refractivity contribution in [3.05, 3.63) is 90.0 Å². The molecule has 3 aromatic rings. The normalized spacial score (nSPS) is 10.3. The van der Waals surface area contributed by atoms with E-state index in [1.807, 2.05) is 78.9 Å². The Balaban J connectivity index is 1.44. The van der Waals surface area contributed by atoms with Crippen LogP contribution in [0.2, 0.25) is 0 Å². The van der Waals surface area contributed by atoms with E-state index < -0.39 is 0 Å². The molecule has 3 aromatic carbocycles. The predicted molar refractivity (Wildman–Crippen MR) is 111 cm³/mol. The molecule has 0 saturated heterocycles. The minimum absolute atomic E-state index is 0.103. The number of amides is 1. The quantitative estimate of drug-likeness (QED) is 0.593. The van der Waals surface area contributed by atoms with Crippen LogP contribution in [0.4, 0.5) is 5.69 Å². The number of hydrogen-bond acceptors (Lipinski definition) is 4. The fraction of sp³-hybridized carbons (Fsp3) is 0.174. The maximum absolute atomic E-state index is 12.2. The van der Waals surface area contributed by atoms with E-state index in [1.54, 1.807) is 7.11 Å². The Labute approximate surface area is 165 Å². The van der Waals surface area contributed by atoms with Crippen LogP contribution in [0.5, 0.6) is 11.5 Å².